The first kappa shape index (κ1) is 9.40. The van der Waals surface area contributed by atoms with Crippen LogP contribution in [-0.2, 0) is 0 Å². The lowest BCUT2D eigenvalue weighted by molar-refractivity contribution is 0.727. The minimum atomic E-state index is 0.574. The summed E-state index contributed by atoms with van der Waals surface area (Å²) in [7, 11) is 0. The Morgan fingerprint density at radius 2 is 2.00 bits per heavy atom. The molecule has 0 bridgehead atoms. The largest absolute Gasteiger partial charge is 0.323 e. The Hall–Kier alpha value is -1.83. The molecule has 0 fully saturated rings. The summed E-state index contributed by atoms with van der Waals surface area (Å²) in [6, 6.07) is 8.34. The molecule has 1 aromatic rings. The molecule has 0 spiro atoms. The van der Waals surface area contributed by atoms with Crippen LogP contribution in [0.2, 0.25) is 0 Å². The van der Waals surface area contributed by atoms with Crippen molar-refractivity contribution in [1.82, 2.24) is 0 Å². The summed E-state index contributed by atoms with van der Waals surface area (Å²) in [6.07, 6.45) is 5.51. The Kier molecular flexibility index (Phi) is 1.96. The van der Waals surface area contributed by atoms with Crippen molar-refractivity contribution in [3.05, 3.63) is 53.1 Å². The van der Waals surface area contributed by atoms with Crippen molar-refractivity contribution in [1.29, 1.82) is 0 Å². The fourth-order valence-corrected chi connectivity index (χ4v) is 2.57. The molecule has 0 aromatic heterocycles. The van der Waals surface area contributed by atoms with E-state index in [0.29, 0.717) is 5.92 Å². The highest BCUT2D eigenvalue weighted by atomic mass is 15.1. The van der Waals surface area contributed by atoms with Gasteiger partial charge in [0, 0.05) is 5.56 Å². The average molecular weight is 210 g/mol. The lowest BCUT2D eigenvalue weighted by atomic mass is 9.91. The number of hydrazone groups is 1. The molecule has 0 radical (unpaired) electrons. The van der Waals surface area contributed by atoms with Crippen LogP contribution in [0, 0.1) is 5.92 Å². The molecule has 80 valence electrons. The van der Waals surface area contributed by atoms with Gasteiger partial charge in [-0.3, -0.25) is 0 Å². The van der Waals surface area contributed by atoms with Crippen molar-refractivity contribution in [3.63, 3.8) is 0 Å². The summed E-state index contributed by atoms with van der Waals surface area (Å²) in [5.41, 5.74) is 6.02. The molecule has 0 aliphatic heterocycles. The third-order valence-electron chi connectivity index (χ3n) is 3.33. The first-order chi connectivity index (χ1) is 7.81. The van der Waals surface area contributed by atoms with E-state index in [1.165, 1.54) is 22.3 Å². The van der Waals surface area contributed by atoms with E-state index in [9.17, 15) is 0 Å². The van der Waals surface area contributed by atoms with Crippen molar-refractivity contribution >= 4 is 11.3 Å². The SMILES string of the molecule is CC1C=CC2=C(C1)/C(=N/N)c1ccccc12. The molecule has 0 heterocycles. The average Bonchev–Trinajstić information content (AvgIpc) is 2.61. The number of hydrogen-bond acceptors (Lipinski definition) is 2. The van der Waals surface area contributed by atoms with Gasteiger partial charge in [-0.15, -0.1) is 0 Å². The number of rotatable bonds is 0. The zero-order chi connectivity index (χ0) is 11.1. The minimum absolute atomic E-state index is 0.574. The van der Waals surface area contributed by atoms with Crippen molar-refractivity contribution in [2.75, 3.05) is 0 Å². The Labute approximate surface area is 95.2 Å². The van der Waals surface area contributed by atoms with Gasteiger partial charge in [-0.25, -0.2) is 0 Å². The van der Waals surface area contributed by atoms with Crippen LogP contribution in [0.4, 0.5) is 0 Å². The number of nitrogens with zero attached hydrogens (tertiary/aromatic N) is 1. The molecule has 16 heavy (non-hydrogen) atoms. The van der Waals surface area contributed by atoms with Gasteiger partial charge in [-0.1, -0.05) is 43.3 Å². The van der Waals surface area contributed by atoms with Crippen LogP contribution in [0.1, 0.15) is 24.5 Å². The number of hydrogen-bond donors (Lipinski definition) is 1. The topological polar surface area (TPSA) is 38.4 Å². The normalized spacial score (nSPS) is 24.8. The van der Waals surface area contributed by atoms with Gasteiger partial charge in [-0.2, -0.15) is 5.10 Å². The van der Waals surface area contributed by atoms with Crippen LogP contribution in [0.15, 0.2) is 47.1 Å². The van der Waals surface area contributed by atoms with Crippen LogP contribution in [0.5, 0.6) is 0 Å². The number of benzene rings is 1. The molecule has 2 nitrogen and oxygen atoms in total. The van der Waals surface area contributed by atoms with E-state index in [4.69, 9.17) is 5.84 Å². The quantitative estimate of drug-likeness (QED) is 0.519. The zero-order valence-corrected chi connectivity index (χ0v) is 9.27. The molecule has 1 aromatic carbocycles. The fourth-order valence-electron chi connectivity index (χ4n) is 2.57. The summed E-state index contributed by atoms with van der Waals surface area (Å²) in [6.45, 7) is 2.22. The maximum atomic E-state index is 5.53. The molecule has 3 rings (SSSR count). The van der Waals surface area contributed by atoms with Crippen LogP contribution in [-0.4, -0.2) is 5.71 Å². The van der Waals surface area contributed by atoms with Crippen LogP contribution in [0.3, 0.4) is 0 Å². The Bertz CT molecular complexity index is 535. The second kappa shape index (κ2) is 3.34. The molecule has 0 amide bonds. The summed E-state index contributed by atoms with van der Waals surface area (Å²) >= 11 is 0. The Morgan fingerprint density at radius 3 is 2.75 bits per heavy atom. The number of allylic oxidation sites excluding steroid dienone is 4. The molecule has 2 heteroatoms. The van der Waals surface area contributed by atoms with E-state index in [0.717, 1.165) is 12.1 Å². The van der Waals surface area contributed by atoms with E-state index in [2.05, 4.69) is 42.4 Å². The highest BCUT2D eigenvalue weighted by molar-refractivity contribution is 6.24. The second-order valence-corrected chi connectivity index (χ2v) is 4.46. The van der Waals surface area contributed by atoms with Gasteiger partial charge in [0.2, 0.25) is 0 Å². The monoisotopic (exact) mass is 210 g/mol. The third kappa shape index (κ3) is 1.16. The molecular weight excluding hydrogens is 196 g/mol. The van der Waals surface area contributed by atoms with Crippen LogP contribution >= 0.6 is 0 Å². The molecule has 1 unspecified atom stereocenters. The van der Waals surface area contributed by atoms with Gasteiger partial charge in [0.15, 0.2) is 0 Å². The lowest BCUT2D eigenvalue weighted by Crippen LogP contribution is -2.08. The molecular formula is C14H14N2. The van der Waals surface area contributed by atoms with Gasteiger partial charge in [0.05, 0.1) is 5.71 Å². The fraction of sp³-hybridized carbons (Fsp3) is 0.214. The summed E-state index contributed by atoms with van der Waals surface area (Å²) in [5, 5.41) is 3.97. The van der Waals surface area contributed by atoms with E-state index in [-0.39, 0.29) is 0 Å². The van der Waals surface area contributed by atoms with Gasteiger partial charge >= 0.3 is 0 Å². The molecule has 2 aliphatic carbocycles. The predicted octanol–water partition coefficient (Wildman–Crippen LogP) is 2.71. The highest BCUT2D eigenvalue weighted by Crippen LogP contribution is 2.39. The predicted molar refractivity (Wildman–Crippen MR) is 67.0 cm³/mol. The first-order valence-electron chi connectivity index (χ1n) is 5.60. The van der Waals surface area contributed by atoms with E-state index < -0.39 is 0 Å². The summed E-state index contributed by atoms with van der Waals surface area (Å²) in [4.78, 5) is 0. The van der Waals surface area contributed by atoms with E-state index in [1.807, 2.05) is 6.07 Å². The van der Waals surface area contributed by atoms with Crippen LogP contribution in [0.25, 0.3) is 5.57 Å². The van der Waals surface area contributed by atoms with Crippen molar-refractivity contribution in [3.8, 4) is 0 Å². The Morgan fingerprint density at radius 1 is 1.25 bits per heavy atom. The maximum absolute atomic E-state index is 5.53. The van der Waals surface area contributed by atoms with Crippen molar-refractivity contribution < 1.29 is 0 Å². The highest BCUT2D eigenvalue weighted by Gasteiger charge is 2.28. The van der Waals surface area contributed by atoms with Gasteiger partial charge in [-0.05, 0) is 29.0 Å². The van der Waals surface area contributed by atoms with Gasteiger partial charge < -0.3 is 5.84 Å². The maximum Gasteiger partial charge on any atom is 0.0943 e. The van der Waals surface area contributed by atoms with Crippen molar-refractivity contribution in [2.45, 2.75) is 13.3 Å². The van der Waals surface area contributed by atoms with Gasteiger partial charge in [0.1, 0.15) is 0 Å². The standard InChI is InChI=1S/C14H14N2/c1-9-6-7-11-10-4-2-3-5-12(10)14(16-15)13(11)8-9/h2-7,9H,8,15H2,1H3/b16-14+. The first-order valence-corrected chi connectivity index (χ1v) is 5.60. The number of nitrogens with two attached hydrogens (primary N) is 1. The minimum Gasteiger partial charge on any atom is -0.323 e. The second-order valence-electron chi connectivity index (χ2n) is 4.46. The summed E-state index contributed by atoms with van der Waals surface area (Å²) < 4.78 is 0. The van der Waals surface area contributed by atoms with Crippen molar-refractivity contribution in [2.24, 2.45) is 16.9 Å². The molecule has 2 N–H and O–H groups in total. The zero-order valence-electron chi connectivity index (χ0n) is 9.27. The van der Waals surface area contributed by atoms with Gasteiger partial charge in [0.25, 0.3) is 0 Å². The van der Waals surface area contributed by atoms with E-state index >= 15 is 0 Å². The lowest BCUT2D eigenvalue weighted by Gasteiger charge is -2.14. The van der Waals surface area contributed by atoms with Crippen LogP contribution < -0.4 is 5.84 Å². The molecule has 2 aliphatic rings. The third-order valence-corrected chi connectivity index (χ3v) is 3.33. The Balaban J connectivity index is 2.23. The molecule has 1 atom stereocenters. The summed E-state index contributed by atoms with van der Waals surface area (Å²) in [5.74, 6) is 6.10. The molecule has 0 saturated carbocycles. The van der Waals surface area contributed by atoms with E-state index in [1.54, 1.807) is 0 Å². The number of fused-ring (bicyclic) bond motifs is 2. The smallest absolute Gasteiger partial charge is 0.0943 e. The molecule has 0 saturated heterocycles.